The van der Waals surface area contributed by atoms with Crippen molar-refractivity contribution in [2.45, 2.75) is 6.42 Å². The molecule has 1 N–H and O–H groups in total. The molecule has 0 amide bonds. The van der Waals surface area contributed by atoms with Gasteiger partial charge in [0.15, 0.2) is 0 Å². The third-order valence-corrected chi connectivity index (χ3v) is 2.23. The number of hydrogen-bond acceptors (Lipinski definition) is 3. The molecular formula is C10H6BrFO4. The number of rotatable bonds is 4. The lowest BCUT2D eigenvalue weighted by atomic mass is 10.1. The molecule has 0 heterocycles. The number of carbonyl (C=O) groups excluding carboxylic acids is 2. The minimum atomic E-state index is -1.42. The first kappa shape index (κ1) is 12.5. The third-order valence-electron chi connectivity index (χ3n) is 1.74. The zero-order valence-corrected chi connectivity index (χ0v) is 9.45. The summed E-state index contributed by atoms with van der Waals surface area (Å²) in [5.41, 5.74) is -0.430. The first-order chi connectivity index (χ1) is 7.41. The Kier molecular flexibility index (Phi) is 3.89. The van der Waals surface area contributed by atoms with E-state index in [0.29, 0.717) is 4.47 Å². The van der Waals surface area contributed by atoms with Gasteiger partial charge in [-0.25, -0.2) is 4.39 Å². The van der Waals surface area contributed by atoms with Gasteiger partial charge >= 0.3 is 5.97 Å². The first-order valence-electron chi connectivity index (χ1n) is 4.16. The smallest absolute Gasteiger partial charge is 0.311 e. The minimum absolute atomic E-state index is 0.430. The van der Waals surface area contributed by atoms with Crippen LogP contribution < -0.4 is 0 Å². The van der Waals surface area contributed by atoms with Crippen LogP contribution in [0.2, 0.25) is 0 Å². The third kappa shape index (κ3) is 2.96. The second-order valence-electron chi connectivity index (χ2n) is 2.95. The highest BCUT2D eigenvalue weighted by Crippen LogP contribution is 2.16. The quantitative estimate of drug-likeness (QED) is 0.521. The van der Waals surface area contributed by atoms with E-state index in [-0.39, 0.29) is 0 Å². The highest BCUT2D eigenvalue weighted by Gasteiger charge is 2.22. The van der Waals surface area contributed by atoms with Crippen LogP contribution in [0.5, 0.6) is 0 Å². The Morgan fingerprint density at radius 3 is 2.50 bits per heavy atom. The van der Waals surface area contributed by atoms with Crippen LogP contribution in [0.15, 0.2) is 22.7 Å². The molecule has 0 aliphatic heterocycles. The van der Waals surface area contributed by atoms with Gasteiger partial charge in [-0.15, -0.1) is 0 Å². The van der Waals surface area contributed by atoms with Crippen molar-refractivity contribution in [3.8, 4) is 0 Å². The summed E-state index contributed by atoms with van der Waals surface area (Å²) in [4.78, 5) is 32.7. The highest BCUT2D eigenvalue weighted by atomic mass is 79.9. The van der Waals surface area contributed by atoms with Crippen LogP contribution in [-0.4, -0.2) is 22.6 Å². The maximum Gasteiger partial charge on any atom is 0.311 e. The molecule has 16 heavy (non-hydrogen) atoms. The van der Waals surface area contributed by atoms with Gasteiger partial charge in [0.05, 0.1) is 5.56 Å². The Hall–Kier alpha value is -1.56. The first-order valence-corrected chi connectivity index (χ1v) is 4.95. The van der Waals surface area contributed by atoms with Gasteiger partial charge in [0.1, 0.15) is 12.2 Å². The van der Waals surface area contributed by atoms with E-state index in [2.05, 4.69) is 15.9 Å². The summed E-state index contributed by atoms with van der Waals surface area (Å²) >= 11 is 3.02. The molecule has 0 aliphatic rings. The average Bonchev–Trinajstić information content (AvgIpc) is 2.19. The molecule has 0 aromatic heterocycles. The SMILES string of the molecule is O=C(O)CC(=O)C(=O)c1cc(Br)ccc1F. The van der Waals surface area contributed by atoms with Crippen molar-refractivity contribution in [1.29, 1.82) is 0 Å². The predicted molar refractivity (Wildman–Crippen MR) is 55.7 cm³/mol. The molecule has 1 aromatic rings. The summed E-state index contributed by atoms with van der Waals surface area (Å²) in [7, 11) is 0. The number of carbonyl (C=O) groups is 3. The van der Waals surface area contributed by atoms with Gasteiger partial charge in [0.25, 0.3) is 0 Å². The van der Waals surface area contributed by atoms with Gasteiger partial charge in [-0.05, 0) is 18.2 Å². The highest BCUT2D eigenvalue weighted by molar-refractivity contribution is 9.10. The fourth-order valence-electron chi connectivity index (χ4n) is 1.04. The van der Waals surface area contributed by atoms with Crippen LogP contribution in [-0.2, 0) is 9.59 Å². The van der Waals surface area contributed by atoms with E-state index < -0.39 is 35.3 Å². The number of carboxylic acids is 1. The monoisotopic (exact) mass is 288 g/mol. The molecule has 0 unspecified atom stereocenters. The fraction of sp³-hybridized carbons (Fsp3) is 0.100. The van der Waals surface area contributed by atoms with E-state index in [0.717, 1.165) is 12.1 Å². The number of carboxylic acid groups (broad SMARTS) is 1. The van der Waals surface area contributed by atoms with Gasteiger partial charge in [-0.3, -0.25) is 14.4 Å². The number of benzene rings is 1. The van der Waals surface area contributed by atoms with Crippen molar-refractivity contribution < 1.29 is 23.9 Å². The Morgan fingerprint density at radius 2 is 1.94 bits per heavy atom. The second-order valence-corrected chi connectivity index (χ2v) is 3.86. The molecule has 0 spiro atoms. The van der Waals surface area contributed by atoms with Crippen molar-refractivity contribution in [2.75, 3.05) is 0 Å². The van der Waals surface area contributed by atoms with E-state index in [1.807, 2.05) is 0 Å². The van der Waals surface area contributed by atoms with Gasteiger partial charge < -0.3 is 5.11 Å². The van der Waals surface area contributed by atoms with E-state index in [9.17, 15) is 18.8 Å². The molecule has 1 aromatic carbocycles. The summed E-state index contributed by atoms with van der Waals surface area (Å²) in [6, 6.07) is 3.52. The van der Waals surface area contributed by atoms with E-state index >= 15 is 0 Å². The zero-order valence-electron chi connectivity index (χ0n) is 7.87. The lowest BCUT2D eigenvalue weighted by Crippen LogP contribution is -2.19. The van der Waals surface area contributed by atoms with Crippen LogP contribution in [0, 0.1) is 5.82 Å². The van der Waals surface area contributed by atoms with Gasteiger partial charge in [0.2, 0.25) is 11.6 Å². The molecule has 0 fully saturated rings. The van der Waals surface area contributed by atoms with E-state index in [1.54, 1.807) is 0 Å². The average molecular weight is 289 g/mol. The standard InChI is InChI=1S/C10H6BrFO4/c11-5-1-2-7(12)6(3-5)10(16)8(13)4-9(14)15/h1-3H,4H2,(H,14,15). The van der Waals surface area contributed by atoms with Crippen molar-refractivity contribution in [3.63, 3.8) is 0 Å². The lowest BCUT2D eigenvalue weighted by molar-refractivity contribution is -0.139. The molecule has 1 rings (SSSR count). The number of hydrogen-bond donors (Lipinski definition) is 1. The topological polar surface area (TPSA) is 71.4 Å². The summed E-state index contributed by atoms with van der Waals surface area (Å²) in [5, 5.41) is 8.33. The largest absolute Gasteiger partial charge is 0.481 e. The second kappa shape index (κ2) is 4.98. The summed E-state index contributed by atoms with van der Waals surface area (Å²) in [6.45, 7) is 0. The van der Waals surface area contributed by atoms with Crippen LogP contribution in [0.1, 0.15) is 16.8 Å². The molecule has 0 aliphatic carbocycles. The number of halogens is 2. The molecule has 0 saturated carbocycles. The maximum absolute atomic E-state index is 13.2. The van der Waals surface area contributed by atoms with E-state index in [4.69, 9.17) is 5.11 Å². The molecule has 0 radical (unpaired) electrons. The molecule has 0 atom stereocenters. The molecule has 4 nitrogen and oxygen atoms in total. The lowest BCUT2D eigenvalue weighted by Gasteiger charge is -2.01. The molecule has 0 bridgehead atoms. The predicted octanol–water partition coefficient (Wildman–Crippen LogP) is 1.81. The number of ketones is 2. The molecule has 6 heteroatoms. The number of aliphatic carboxylic acids is 1. The Morgan fingerprint density at radius 1 is 1.31 bits per heavy atom. The maximum atomic E-state index is 13.2. The number of Topliss-reactive ketones (excluding diaryl/α,β-unsaturated/α-hetero) is 2. The summed E-state index contributed by atoms with van der Waals surface area (Å²) in [6.07, 6.45) is -0.940. The van der Waals surface area contributed by atoms with E-state index in [1.165, 1.54) is 6.07 Å². The van der Waals surface area contributed by atoms with Crippen molar-refractivity contribution in [2.24, 2.45) is 0 Å². The van der Waals surface area contributed by atoms with Crippen molar-refractivity contribution in [3.05, 3.63) is 34.1 Å². The van der Waals surface area contributed by atoms with Crippen molar-refractivity contribution in [1.82, 2.24) is 0 Å². The van der Waals surface area contributed by atoms with Crippen LogP contribution >= 0.6 is 15.9 Å². The normalized spacial score (nSPS) is 9.88. The van der Waals surface area contributed by atoms with Crippen LogP contribution in [0.25, 0.3) is 0 Å². The van der Waals surface area contributed by atoms with Crippen LogP contribution in [0.3, 0.4) is 0 Å². The summed E-state index contributed by atoms with van der Waals surface area (Å²) in [5.74, 6) is -4.56. The zero-order chi connectivity index (χ0) is 12.3. The van der Waals surface area contributed by atoms with Gasteiger partial charge in [0, 0.05) is 4.47 Å². The van der Waals surface area contributed by atoms with Crippen LogP contribution in [0.4, 0.5) is 4.39 Å². The fourth-order valence-corrected chi connectivity index (χ4v) is 1.40. The molecular weight excluding hydrogens is 283 g/mol. The Labute approximate surface area is 98.2 Å². The Balaban J connectivity index is 3.00. The van der Waals surface area contributed by atoms with Gasteiger partial charge in [-0.1, -0.05) is 15.9 Å². The van der Waals surface area contributed by atoms with Crippen molar-refractivity contribution >= 4 is 33.5 Å². The van der Waals surface area contributed by atoms with Gasteiger partial charge in [-0.2, -0.15) is 0 Å². The molecule has 0 saturated heterocycles. The minimum Gasteiger partial charge on any atom is -0.481 e. The summed E-state index contributed by atoms with van der Waals surface area (Å²) < 4.78 is 13.6. The Bertz CT molecular complexity index is 470. The molecule has 84 valence electrons.